The van der Waals surface area contributed by atoms with Gasteiger partial charge in [-0.05, 0) is 19.1 Å². The Morgan fingerprint density at radius 2 is 1.32 bits per heavy atom. The standard InChI is InChI=1S/C14H28Cl2O2S/c1-14(17)18-12-10-8-6-4-3-5-7-9-11-13-19(2,15)16/h3-13H2,1-2H3. The van der Waals surface area contributed by atoms with Gasteiger partial charge in [0.05, 0.1) is 6.61 Å². The minimum atomic E-state index is -1.33. The predicted molar refractivity (Wildman–Crippen MR) is 88.3 cm³/mol. The first kappa shape index (κ1) is 19.4. The maximum Gasteiger partial charge on any atom is 0.302 e. The van der Waals surface area contributed by atoms with Gasteiger partial charge in [-0.1, -0.05) is 74.8 Å². The number of carbonyl (C=O) groups is 1. The van der Waals surface area contributed by atoms with Gasteiger partial charge in [0.15, 0.2) is 0 Å². The van der Waals surface area contributed by atoms with Gasteiger partial charge in [-0.25, -0.2) is 0 Å². The fourth-order valence-corrected chi connectivity index (χ4v) is 3.28. The van der Waals surface area contributed by atoms with Gasteiger partial charge in [-0.2, -0.15) is 0 Å². The Kier molecular flexibility index (Phi) is 12.4. The van der Waals surface area contributed by atoms with E-state index in [1.54, 1.807) is 0 Å². The van der Waals surface area contributed by atoms with E-state index in [-0.39, 0.29) is 5.97 Å². The number of rotatable bonds is 12. The van der Waals surface area contributed by atoms with E-state index >= 15 is 0 Å². The summed E-state index contributed by atoms with van der Waals surface area (Å²) < 4.78 is 4.88. The van der Waals surface area contributed by atoms with Crippen LogP contribution in [0.25, 0.3) is 0 Å². The fraction of sp³-hybridized carbons (Fsp3) is 0.929. The van der Waals surface area contributed by atoms with Crippen LogP contribution in [0.2, 0.25) is 0 Å². The Balaban J connectivity index is 3.05. The topological polar surface area (TPSA) is 26.3 Å². The van der Waals surface area contributed by atoms with Crippen molar-refractivity contribution in [2.75, 3.05) is 18.6 Å². The molecule has 0 rings (SSSR count). The Bertz CT molecular complexity index is 230. The van der Waals surface area contributed by atoms with E-state index < -0.39 is 8.46 Å². The molecule has 0 amide bonds. The van der Waals surface area contributed by atoms with Gasteiger partial charge in [-0.15, -0.1) is 0 Å². The predicted octanol–water partition coefficient (Wildman–Crippen LogP) is 5.80. The number of hydrogen-bond donors (Lipinski definition) is 0. The lowest BCUT2D eigenvalue weighted by atomic mass is 10.1. The van der Waals surface area contributed by atoms with Crippen LogP contribution in [0.1, 0.15) is 64.7 Å². The second-order valence-electron chi connectivity index (χ2n) is 5.10. The number of ether oxygens (including phenoxy) is 1. The molecule has 5 heteroatoms. The van der Waals surface area contributed by atoms with Gasteiger partial charge in [0, 0.05) is 12.7 Å². The minimum Gasteiger partial charge on any atom is -0.466 e. The highest BCUT2D eigenvalue weighted by Crippen LogP contribution is 2.55. The van der Waals surface area contributed by atoms with Crippen molar-refractivity contribution in [3.05, 3.63) is 0 Å². The van der Waals surface area contributed by atoms with Gasteiger partial charge >= 0.3 is 5.97 Å². The molecule has 0 aliphatic carbocycles. The van der Waals surface area contributed by atoms with Crippen molar-refractivity contribution >= 4 is 35.8 Å². The zero-order valence-corrected chi connectivity index (χ0v) is 14.6. The molecule has 0 aromatic carbocycles. The molecular formula is C14H28Cl2O2S. The highest BCUT2D eigenvalue weighted by Gasteiger charge is 2.08. The van der Waals surface area contributed by atoms with Crippen molar-refractivity contribution in [2.45, 2.75) is 64.7 Å². The number of halogens is 2. The molecule has 0 bridgehead atoms. The normalized spacial score (nSPS) is 12.4. The monoisotopic (exact) mass is 330 g/mol. The largest absolute Gasteiger partial charge is 0.466 e. The van der Waals surface area contributed by atoms with Crippen LogP contribution in [0.3, 0.4) is 0 Å². The van der Waals surface area contributed by atoms with E-state index in [0.29, 0.717) is 6.61 Å². The second-order valence-corrected chi connectivity index (χ2v) is 11.8. The summed E-state index contributed by atoms with van der Waals surface area (Å²) in [5.41, 5.74) is 0. The number of esters is 1. The van der Waals surface area contributed by atoms with Crippen LogP contribution in [-0.2, 0) is 9.53 Å². The molecule has 0 fully saturated rings. The molecule has 19 heavy (non-hydrogen) atoms. The highest BCUT2D eigenvalue weighted by atomic mass is 36.0. The third kappa shape index (κ3) is 18.4. The summed E-state index contributed by atoms with van der Waals surface area (Å²) in [6.07, 6.45) is 12.9. The van der Waals surface area contributed by atoms with Crippen LogP contribution >= 0.6 is 29.8 Å². The van der Waals surface area contributed by atoms with Gasteiger partial charge in [0.25, 0.3) is 0 Å². The van der Waals surface area contributed by atoms with E-state index in [1.807, 2.05) is 6.26 Å². The first-order valence-corrected chi connectivity index (χ1v) is 11.1. The smallest absolute Gasteiger partial charge is 0.302 e. The molecule has 0 unspecified atom stereocenters. The molecule has 0 N–H and O–H groups in total. The summed E-state index contributed by atoms with van der Waals surface area (Å²) in [5.74, 6) is 0.790. The first-order chi connectivity index (χ1) is 8.92. The van der Waals surface area contributed by atoms with Crippen LogP contribution in [0, 0.1) is 0 Å². The number of unbranched alkanes of at least 4 members (excludes halogenated alkanes) is 8. The summed E-state index contributed by atoms with van der Waals surface area (Å²) in [6, 6.07) is 0. The van der Waals surface area contributed by atoms with E-state index in [1.165, 1.54) is 45.4 Å². The Morgan fingerprint density at radius 3 is 1.74 bits per heavy atom. The molecule has 0 spiro atoms. The summed E-state index contributed by atoms with van der Waals surface area (Å²) in [7, 11) is 10.7. The van der Waals surface area contributed by atoms with Crippen molar-refractivity contribution in [2.24, 2.45) is 0 Å². The fourth-order valence-electron chi connectivity index (χ4n) is 1.91. The van der Waals surface area contributed by atoms with E-state index in [9.17, 15) is 4.79 Å². The summed E-state index contributed by atoms with van der Waals surface area (Å²) in [4.78, 5) is 10.5. The quantitative estimate of drug-likeness (QED) is 0.333. The number of carbonyl (C=O) groups excluding carboxylic acids is 1. The zero-order chi connectivity index (χ0) is 14.6. The van der Waals surface area contributed by atoms with Gasteiger partial charge in [-0.3, -0.25) is 4.79 Å². The molecule has 0 radical (unpaired) electrons. The van der Waals surface area contributed by atoms with E-state index in [0.717, 1.165) is 25.0 Å². The average molecular weight is 331 g/mol. The van der Waals surface area contributed by atoms with Crippen LogP contribution in [0.4, 0.5) is 0 Å². The maximum absolute atomic E-state index is 10.5. The van der Waals surface area contributed by atoms with Crippen molar-refractivity contribution in [1.82, 2.24) is 0 Å². The van der Waals surface area contributed by atoms with E-state index in [4.69, 9.17) is 26.1 Å². The van der Waals surface area contributed by atoms with Crippen molar-refractivity contribution in [1.29, 1.82) is 0 Å². The van der Waals surface area contributed by atoms with Crippen molar-refractivity contribution in [3.8, 4) is 0 Å². The third-order valence-electron chi connectivity index (χ3n) is 2.95. The summed E-state index contributed by atoms with van der Waals surface area (Å²) >= 11 is 0. The average Bonchev–Trinajstić information content (AvgIpc) is 2.28. The van der Waals surface area contributed by atoms with Crippen LogP contribution in [0.15, 0.2) is 0 Å². The van der Waals surface area contributed by atoms with Crippen LogP contribution in [0.5, 0.6) is 0 Å². The molecule has 0 aliphatic rings. The molecule has 0 aliphatic heterocycles. The first-order valence-electron chi connectivity index (χ1n) is 7.20. The lowest BCUT2D eigenvalue weighted by Crippen LogP contribution is -2.00. The number of hydrogen-bond acceptors (Lipinski definition) is 2. The molecule has 2 nitrogen and oxygen atoms in total. The van der Waals surface area contributed by atoms with Gasteiger partial charge in [0.1, 0.15) is 0 Å². The molecule has 116 valence electrons. The Morgan fingerprint density at radius 1 is 0.895 bits per heavy atom. The third-order valence-corrected chi connectivity index (χ3v) is 4.88. The van der Waals surface area contributed by atoms with Crippen molar-refractivity contribution in [3.63, 3.8) is 0 Å². The molecule has 0 atom stereocenters. The maximum atomic E-state index is 10.5. The van der Waals surface area contributed by atoms with Crippen LogP contribution < -0.4 is 0 Å². The highest BCUT2D eigenvalue weighted by molar-refractivity contribution is 8.65. The summed E-state index contributed by atoms with van der Waals surface area (Å²) in [5, 5.41) is 0. The molecular weight excluding hydrogens is 303 g/mol. The minimum absolute atomic E-state index is 0.174. The van der Waals surface area contributed by atoms with Crippen LogP contribution in [-0.4, -0.2) is 24.6 Å². The van der Waals surface area contributed by atoms with Crippen molar-refractivity contribution < 1.29 is 9.53 Å². The molecule has 0 saturated carbocycles. The SMILES string of the molecule is CC(=O)OCCCCCCCCCCCS(C)(Cl)Cl. The Hall–Kier alpha value is 0.400. The molecule has 0 aromatic rings. The summed E-state index contributed by atoms with van der Waals surface area (Å²) in [6.45, 7) is 2.03. The Labute approximate surface area is 128 Å². The molecule has 0 heterocycles. The lowest BCUT2D eigenvalue weighted by Gasteiger charge is -2.17. The van der Waals surface area contributed by atoms with Gasteiger partial charge < -0.3 is 4.74 Å². The second kappa shape index (κ2) is 12.2. The zero-order valence-electron chi connectivity index (χ0n) is 12.3. The molecule has 0 saturated heterocycles. The lowest BCUT2D eigenvalue weighted by molar-refractivity contribution is -0.141. The van der Waals surface area contributed by atoms with Gasteiger partial charge in [0.2, 0.25) is 0 Å². The molecule has 0 aromatic heterocycles. The van der Waals surface area contributed by atoms with E-state index in [2.05, 4.69) is 0 Å².